The van der Waals surface area contributed by atoms with Gasteiger partial charge < -0.3 is 9.30 Å². The van der Waals surface area contributed by atoms with Crippen molar-refractivity contribution in [1.82, 2.24) is 9.47 Å². The number of carbonyl (C=O) groups is 4. The highest BCUT2D eigenvalue weighted by Gasteiger charge is 2.46. The lowest BCUT2D eigenvalue weighted by Crippen LogP contribution is -2.37. The molecule has 3 rings (SSSR count). The number of rotatable bonds is 5. The molecule has 0 radical (unpaired) electrons. The van der Waals surface area contributed by atoms with Crippen LogP contribution in [0.4, 0.5) is 10.5 Å². The van der Waals surface area contributed by atoms with Crippen LogP contribution in [-0.4, -0.2) is 46.8 Å². The molecular formula is C19H19N3O5. The van der Waals surface area contributed by atoms with Crippen molar-refractivity contribution >= 4 is 29.3 Å². The Labute approximate surface area is 155 Å². The number of nitrogens with zero attached hydrogens (tertiary/aromatic N) is 3. The van der Waals surface area contributed by atoms with Crippen molar-refractivity contribution in [2.24, 2.45) is 7.05 Å². The fraction of sp³-hybridized carbons (Fsp3) is 0.263. The fourth-order valence-corrected chi connectivity index (χ4v) is 2.97. The summed E-state index contributed by atoms with van der Waals surface area (Å²) in [5.74, 6) is -1.86. The normalized spacial score (nSPS) is 14.3. The van der Waals surface area contributed by atoms with Crippen molar-refractivity contribution in [3.05, 3.63) is 47.3 Å². The summed E-state index contributed by atoms with van der Waals surface area (Å²) in [7, 11) is 3.31. The van der Waals surface area contributed by atoms with Gasteiger partial charge in [-0.3, -0.25) is 14.4 Å². The van der Waals surface area contributed by atoms with Gasteiger partial charge >= 0.3 is 17.8 Å². The first-order valence-corrected chi connectivity index (χ1v) is 8.26. The minimum atomic E-state index is -1.02. The van der Waals surface area contributed by atoms with Gasteiger partial charge in [-0.25, -0.2) is 14.6 Å². The standard InChI is InChI=1S/C19H19N3O5/c1-11-9-15(12(2)20(11)3)16(23)10-21-17(24)18(25)22(19(21)26)13-5-7-14(27-4)8-6-13/h5-9H,10H2,1-4H3. The van der Waals surface area contributed by atoms with Crippen molar-refractivity contribution in [2.75, 3.05) is 18.6 Å². The maximum absolute atomic E-state index is 12.6. The predicted octanol–water partition coefficient (Wildman–Crippen LogP) is 1.83. The number of anilines is 1. The molecule has 0 aliphatic carbocycles. The number of aromatic nitrogens is 1. The fourth-order valence-electron chi connectivity index (χ4n) is 2.97. The summed E-state index contributed by atoms with van der Waals surface area (Å²) < 4.78 is 6.88. The van der Waals surface area contributed by atoms with Crippen molar-refractivity contribution in [3.63, 3.8) is 0 Å². The Kier molecular flexibility index (Phi) is 4.57. The highest BCUT2D eigenvalue weighted by atomic mass is 16.5. The van der Waals surface area contributed by atoms with Crippen LogP contribution in [0.3, 0.4) is 0 Å². The van der Waals surface area contributed by atoms with Crippen LogP contribution in [0.5, 0.6) is 5.75 Å². The van der Waals surface area contributed by atoms with Crippen molar-refractivity contribution in [3.8, 4) is 5.75 Å². The molecule has 27 heavy (non-hydrogen) atoms. The van der Waals surface area contributed by atoms with Crippen molar-refractivity contribution in [1.29, 1.82) is 0 Å². The summed E-state index contributed by atoms with van der Waals surface area (Å²) in [6, 6.07) is 7.00. The molecule has 1 fully saturated rings. The number of urea groups is 1. The SMILES string of the molecule is COc1ccc(N2C(=O)C(=O)N(CC(=O)c3cc(C)n(C)c3C)C2=O)cc1. The van der Waals surface area contributed by atoms with Crippen LogP contribution in [-0.2, 0) is 16.6 Å². The minimum absolute atomic E-state index is 0.237. The number of hydrogen-bond acceptors (Lipinski definition) is 5. The largest absolute Gasteiger partial charge is 0.497 e. The molecule has 1 aliphatic rings. The molecule has 1 aliphatic heterocycles. The summed E-state index contributed by atoms with van der Waals surface area (Å²) >= 11 is 0. The number of ether oxygens (including phenoxy) is 1. The molecular weight excluding hydrogens is 350 g/mol. The van der Waals surface area contributed by atoms with E-state index in [-0.39, 0.29) is 5.69 Å². The zero-order valence-electron chi connectivity index (χ0n) is 15.5. The van der Waals surface area contributed by atoms with Crippen LogP contribution < -0.4 is 9.64 Å². The molecule has 8 nitrogen and oxygen atoms in total. The smallest absolute Gasteiger partial charge is 0.339 e. The lowest BCUT2D eigenvalue weighted by molar-refractivity contribution is -0.139. The molecule has 1 aromatic carbocycles. The molecule has 0 unspecified atom stereocenters. The van der Waals surface area contributed by atoms with Crippen LogP contribution in [0.25, 0.3) is 0 Å². The summed E-state index contributed by atoms with van der Waals surface area (Å²) in [6.07, 6.45) is 0. The Bertz CT molecular complexity index is 958. The highest BCUT2D eigenvalue weighted by molar-refractivity contribution is 6.53. The maximum Gasteiger partial charge on any atom is 0.339 e. The monoisotopic (exact) mass is 369 g/mol. The minimum Gasteiger partial charge on any atom is -0.497 e. The lowest BCUT2D eigenvalue weighted by atomic mass is 10.1. The summed E-state index contributed by atoms with van der Waals surface area (Å²) in [4.78, 5) is 51.2. The van der Waals surface area contributed by atoms with Gasteiger partial charge in [-0.05, 0) is 44.2 Å². The van der Waals surface area contributed by atoms with Crippen molar-refractivity contribution in [2.45, 2.75) is 13.8 Å². The first-order valence-electron chi connectivity index (χ1n) is 8.26. The van der Waals surface area contributed by atoms with Crippen LogP contribution in [0.2, 0.25) is 0 Å². The summed E-state index contributed by atoms with van der Waals surface area (Å²) in [6.45, 7) is 3.15. The molecule has 1 saturated heterocycles. The molecule has 0 atom stereocenters. The topological polar surface area (TPSA) is 88.9 Å². The van der Waals surface area contributed by atoms with E-state index in [1.807, 2.05) is 18.5 Å². The first kappa shape index (κ1) is 18.4. The van der Waals surface area contributed by atoms with E-state index in [1.165, 1.54) is 19.2 Å². The van der Waals surface area contributed by atoms with Crippen molar-refractivity contribution < 1.29 is 23.9 Å². The van der Waals surface area contributed by atoms with Gasteiger partial charge in [-0.15, -0.1) is 0 Å². The maximum atomic E-state index is 12.6. The van der Waals surface area contributed by atoms with E-state index < -0.39 is 30.2 Å². The van der Waals surface area contributed by atoms with Gasteiger partial charge in [0.25, 0.3) is 0 Å². The molecule has 0 spiro atoms. The lowest BCUT2D eigenvalue weighted by Gasteiger charge is -2.15. The van der Waals surface area contributed by atoms with E-state index in [9.17, 15) is 19.2 Å². The number of benzene rings is 1. The zero-order chi connectivity index (χ0) is 19.9. The molecule has 4 amide bonds. The number of Topliss-reactive ketones (excluding diaryl/α,β-unsaturated/α-hetero) is 1. The van der Waals surface area contributed by atoms with E-state index in [0.717, 1.165) is 16.3 Å². The summed E-state index contributed by atoms with van der Waals surface area (Å²) in [5.41, 5.74) is 2.27. The number of imide groups is 2. The van der Waals surface area contributed by atoms with Gasteiger partial charge in [0.1, 0.15) is 5.75 Å². The Hall–Kier alpha value is -3.42. The second kappa shape index (κ2) is 6.71. The van der Waals surface area contributed by atoms with E-state index in [1.54, 1.807) is 25.1 Å². The average molecular weight is 369 g/mol. The Balaban J connectivity index is 1.85. The van der Waals surface area contributed by atoms with Crippen LogP contribution in [0, 0.1) is 13.8 Å². The van der Waals surface area contributed by atoms with E-state index in [0.29, 0.717) is 16.2 Å². The van der Waals surface area contributed by atoms with E-state index >= 15 is 0 Å². The third kappa shape index (κ3) is 2.99. The second-order valence-electron chi connectivity index (χ2n) is 6.28. The van der Waals surface area contributed by atoms with E-state index in [4.69, 9.17) is 4.74 Å². The molecule has 8 heteroatoms. The van der Waals surface area contributed by atoms with Gasteiger partial charge in [-0.1, -0.05) is 0 Å². The quantitative estimate of drug-likeness (QED) is 0.456. The zero-order valence-corrected chi connectivity index (χ0v) is 15.5. The van der Waals surface area contributed by atoms with Gasteiger partial charge in [0, 0.05) is 24.0 Å². The number of carbonyl (C=O) groups excluding carboxylic acids is 4. The molecule has 2 heterocycles. The molecule has 0 N–H and O–H groups in total. The van der Waals surface area contributed by atoms with E-state index in [2.05, 4.69) is 0 Å². The number of methoxy groups -OCH3 is 1. The summed E-state index contributed by atoms with van der Waals surface area (Å²) in [5, 5.41) is 0. The van der Waals surface area contributed by atoms with Gasteiger partial charge in [0.05, 0.1) is 19.3 Å². The third-order valence-electron chi connectivity index (χ3n) is 4.76. The van der Waals surface area contributed by atoms with Crippen LogP contribution in [0.1, 0.15) is 21.7 Å². The van der Waals surface area contributed by atoms with Gasteiger partial charge in [0.2, 0.25) is 0 Å². The third-order valence-corrected chi connectivity index (χ3v) is 4.76. The number of hydrogen-bond donors (Lipinski definition) is 0. The molecule has 140 valence electrons. The number of aryl methyl sites for hydroxylation is 1. The number of ketones is 1. The van der Waals surface area contributed by atoms with Gasteiger partial charge in [-0.2, -0.15) is 0 Å². The molecule has 0 bridgehead atoms. The Morgan fingerprint density at radius 3 is 2.19 bits per heavy atom. The van der Waals surface area contributed by atoms with Crippen LogP contribution >= 0.6 is 0 Å². The average Bonchev–Trinajstić information content (AvgIpc) is 3.04. The first-order chi connectivity index (χ1) is 12.8. The van der Waals surface area contributed by atoms with Crippen LogP contribution in [0.15, 0.2) is 30.3 Å². The second-order valence-corrected chi connectivity index (χ2v) is 6.28. The predicted molar refractivity (Wildman–Crippen MR) is 96.8 cm³/mol. The Morgan fingerprint density at radius 2 is 1.67 bits per heavy atom. The number of amides is 4. The highest BCUT2D eigenvalue weighted by Crippen LogP contribution is 2.25. The van der Waals surface area contributed by atoms with Gasteiger partial charge in [0.15, 0.2) is 5.78 Å². The molecule has 0 saturated carbocycles. The molecule has 1 aromatic heterocycles. The Morgan fingerprint density at radius 1 is 1.04 bits per heavy atom. The molecule has 2 aromatic rings.